The Hall–Kier alpha value is -0.0800. The number of nitrogens with zero attached hydrogens (tertiary/aromatic N) is 1. The molecule has 2 rings (SSSR count). The van der Waals surface area contributed by atoms with E-state index in [1.807, 2.05) is 0 Å². The summed E-state index contributed by atoms with van der Waals surface area (Å²) in [5.41, 5.74) is 0. The summed E-state index contributed by atoms with van der Waals surface area (Å²) in [5, 5.41) is 0. The van der Waals surface area contributed by atoms with Gasteiger partial charge in [0.25, 0.3) is 0 Å². The normalized spacial score (nSPS) is 32.5. The van der Waals surface area contributed by atoms with Crippen LogP contribution in [0.2, 0.25) is 0 Å². The summed E-state index contributed by atoms with van der Waals surface area (Å²) in [4.78, 5) is 2.66. The SMILES string of the molecule is CC1CCCN1CC1CCOCC1. The molecule has 2 saturated heterocycles. The van der Waals surface area contributed by atoms with Gasteiger partial charge in [-0.3, -0.25) is 0 Å². The van der Waals surface area contributed by atoms with Crippen molar-refractivity contribution in [2.45, 2.75) is 38.6 Å². The molecule has 2 nitrogen and oxygen atoms in total. The zero-order chi connectivity index (χ0) is 9.10. The van der Waals surface area contributed by atoms with Crippen molar-refractivity contribution in [3.63, 3.8) is 0 Å². The molecule has 0 N–H and O–H groups in total. The minimum atomic E-state index is 0.836. The molecule has 2 heteroatoms. The fourth-order valence-corrected chi connectivity index (χ4v) is 2.52. The number of hydrogen-bond acceptors (Lipinski definition) is 2. The van der Waals surface area contributed by atoms with E-state index in [-0.39, 0.29) is 0 Å². The molecule has 0 aromatic rings. The van der Waals surface area contributed by atoms with Gasteiger partial charge in [0.2, 0.25) is 0 Å². The molecule has 76 valence electrons. The second-order valence-electron chi connectivity index (χ2n) is 4.54. The predicted octanol–water partition coefficient (Wildman–Crippen LogP) is 1.90. The summed E-state index contributed by atoms with van der Waals surface area (Å²) in [6.45, 7) is 7.01. The molecule has 1 unspecified atom stereocenters. The largest absolute Gasteiger partial charge is 0.381 e. The van der Waals surface area contributed by atoms with Crippen molar-refractivity contribution in [1.29, 1.82) is 0 Å². The first-order valence-electron chi connectivity index (χ1n) is 5.68. The topological polar surface area (TPSA) is 12.5 Å². The van der Waals surface area contributed by atoms with Crippen LogP contribution in [0.3, 0.4) is 0 Å². The van der Waals surface area contributed by atoms with Gasteiger partial charge < -0.3 is 9.64 Å². The molecule has 0 bridgehead atoms. The monoisotopic (exact) mass is 183 g/mol. The molecule has 2 aliphatic heterocycles. The first-order valence-corrected chi connectivity index (χ1v) is 5.68. The zero-order valence-corrected chi connectivity index (χ0v) is 8.67. The van der Waals surface area contributed by atoms with Crippen LogP contribution in [0.15, 0.2) is 0 Å². The van der Waals surface area contributed by atoms with E-state index >= 15 is 0 Å². The van der Waals surface area contributed by atoms with Gasteiger partial charge in [0, 0.05) is 25.8 Å². The van der Waals surface area contributed by atoms with E-state index in [0.29, 0.717) is 0 Å². The molecule has 13 heavy (non-hydrogen) atoms. The third-order valence-electron chi connectivity index (χ3n) is 3.52. The van der Waals surface area contributed by atoms with E-state index in [1.54, 1.807) is 0 Å². The molecule has 0 aromatic carbocycles. The fraction of sp³-hybridized carbons (Fsp3) is 1.00. The maximum Gasteiger partial charge on any atom is 0.0469 e. The lowest BCUT2D eigenvalue weighted by atomic mass is 9.99. The minimum absolute atomic E-state index is 0.836. The van der Waals surface area contributed by atoms with Crippen LogP contribution in [0.4, 0.5) is 0 Å². The second kappa shape index (κ2) is 4.43. The standard InChI is InChI=1S/C11H21NO/c1-10-3-2-6-12(10)9-11-4-7-13-8-5-11/h10-11H,2-9H2,1H3. The van der Waals surface area contributed by atoms with Crippen molar-refractivity contribution in [1.82, 2.24) is 4.90 Å². The van der Waals surface area contributed by atoms with E-state index < -0.39 is 0 Å². The summed E-state index contributed by atoms with van der Waals surface area (Å²) in [7, 11) is 0. The summed E-state index contributed by atoms with van der Waals surface area (Å²) in [6, 6.07) is 0.836. The predicted molar refractivity (Wildman–Crippen MR) is 53.8 cm³/mol. The quantitative estimate of drug-likeness (QED) is 0.648. The molecule has 2 aliphatic rings. The van der Waals surface area contributed by atoms with Crippen molar-refractivity contribution in [2.75, 3.05) is 26.3 Å². The lowest BCUT2D eigenvalue weighted by Crippen LogP contribution is -2.34. The summed E-state index contributed by atoms with van der Waals surface area (Å²) in [5.74, 6) is 0.911. The van der Waals surface area contributed by atoms with Gasteiger partial charge in [0.1, 0.15) is 0 Å². The Bertz CT molecular complexity index is 154. The molecular weight excluding hydrogens is 162 g/mol. The molecule has 0 radical (unpaired) electrons. The Morgan fingerprint density at radius 3 is 2.62 bits per heavy atom. The highest BCUT2D eigenvalue weighted by atomic mass is 16.5. The van der Waals surface area contributed by atoms with Gasteiger partial charge >= 0.3 is 0 Å². The number of rotatable bonds is 2. The van der Waals surface area contributed by atoms with Gasteiger partial charge in [0.15, 0.2) is 0 Å². The van der Waals surface area contributed by atoms with Crippen molar-refractivity contribution < 1.29 is 4.74 Å². The Morgan fingerprint density at radius 2 is 2.00 bits per heavy atom. The van der Waals surface area contributed by atoms with Crippen molar-refractivity contribution >= 4 is 0 Å². The lowest BCUT2D eigenvalue weighted by molar-refractivity contribution is 0.0516. The number of hydrogen-bond donors (Lipinski definition) is 0. The number of ether oxygens (including phenoxy) is 1. The molecule has 0 aromatic heterocycles. The molecular formula is C11H21NO. The third-order valence-corrected chi connectivity index (χ3v) is 3.52. The van der Waals surface area contributed by atoms with Crippen molar-refractivity contribution in [2.24, 2.45) is 5.92 Å². The van der Waals surface area contributed by atoms with Crippen LogP contribution in [-0.2, 0) is 4.74 Å². The fourth-order valence-electron chi connectivity index (χ4n) is 2.52. The van der Waals surface area contributed by atoms with Crippen molar-refractivity contribution in [3.05, 3.63) is 0 Å². The molecule has 1 atom stereocenters. The van der Waals surface area contributed by atoms with E-state index in [1.165, 1.54) is 38.8 Å². The molecule has 0 saturated carbocycles. The molecule has 2 heterocycles. The Labute approximate surface area is 81.3 Å². The van der Waals surface area contributed by atoms with Gasteiger partial charge in [-0.05, 0) is 45.1 Å². The first-order chi connectivity index (χ1) is 6.36. The molecule has 0 amide bonds. The third kappa shape index (κ3) is 2.44. The van der Waals surface area contributed by atoms with E-state index in [2.05, 4.69) is 11.8 Å². The summed E-state index contributed by atoms with van der Waals surface area (Å²) in [6.07, 6.45) is 5.38. The van der Waals surface area contributed by atoms with Gasteiger partial charge in [-0.1, -0.05) is 0 Å². The van der Waals surface area contributed by atoms with Crippen LogP contribution in [0.5, 0.6) is 0 Å². The highest BCUT2D eigenvalue weighted by molar-refractivity contribution is 4.78. The average Bonchev–Trinajstić information content (AvgIpc) is 2.54. The van der Waals surface area contributed by atoms with Gasteiger partial charge in [-0.2, -0.15) is 0 Å². The van der Waals surface area contributed by atoms with Crippen LogP contribution >= 0.6 is 0 Å². The lowest BCUT2D eigenvalue weighted by Gasteiger charge is -2.29. The summed E-state index contributed by atoms with van der Waals surface area (Å²) < 4.78 is 5.37. The van der Waals surface area contributed by atoms with Crippen LogP contribution < -0.4 is 0 Å². The van der Waals surface area contributed by atoms with Gasteiger partial charge in [0.05, 0.1) is 0 Å². The van der Waals surface area contributed by atoms with E-state index in [9.17, 15) is 0 Å². The maximum atomic E-state index is 5.37. The number of likely N-dealkylation sites (tertiary alicyclic amines) is 1. The smallest absolute Gasteiger partial charge is 0.0469 e. The average molecular weight is 183 g/mol. The minimum Gasteiger partial charge on any atom is -0.381 e. The van der Waals surface area contributed by atoms with Gasteiger partial charge in [-0.15, -0.1) is 0 Å². The van der Waals surface area contributed by atoms with Crippen LogP contribution in [-0.4, -0.2) is 37.2 Å². The first kappa shape index (κ1) is 9.47. The van der Waals surface area contributed by atoms with Crippen LogP contribution in [0.25, 0.3) is 0 Å². The summed E-state index contributed by atoms with van der Waals surface area (Å²) >= 11 is 0. The van der Waals surface area contributed by atoms with E-state index in [0.717, 1.165) is 25.2 Å². The van der Waals surface area contributed by atoms with Crippen LogP contribution in [0, 0.1) is 5.92 Å². The van der Waals surface area contributed by atoms with Gasteiger partial charge in [-0.25, -0.2) is 0 Å². The van der Waals surface area contributed by atoms with E-state index in [4.69, 9.17) is 4.74 Å². The molecule has 2 fully saturated rings. The zero-order valence-electron chi connectivity index (χ0n) is 8.67. The highest BCUT2D eigenvalue weighted by Gasteiger charge is 2.24. The Kier molecular flexibility index (Phi) is 3.23. The second-order valence-corrected chi connectivity index (χ2v) is 4.54. The van der Waals surface area contributed by atoms with Crippen molar-refractivity contribution in [3.8, 4) is 0 Å². The maximum absolute atomic E-state index is 5.37. The Balaban J connectivity index is 1.75. The molecule has 0 spiro atoms. The highest BCUT2D eigenvalue weighted by Crippen LogP contribution is 2.22. The Morgan fingerprint density at radius 1 is 1.23 bits per heavy atom. The van der Waals surface area contributed by atoms with Crippen LogP contribution in [0.1, 0.15) is 32.6 Å². The molecule has 0 aliphatic carbocycles.